The summed E-state index contributed by atoms with van der Waals surface area (Å²) in [5, 5.41) is 4.08. The van der Waals surface area contributed by atoms with Gasteiger partial charge in [0.1, 0.15) is 0 Å². The van der Waals surface area contributed by atoms with E-state index >= 15 is 0 Å². The number of nitrogens with zero attached hydrogens (tertiary/aromatic N) is 1. The van der Waals surface area contributed by atoms with Gasteiger partial charge in [-0.25, -0.2) is 4.98 Å². The molecule has 3 N–H and O–H groups in total. The highest BCUT2D eigenvalue weighted by Gasteiger charge is 2.04. The number of hydrogen-bond acceptors (Lipinski definition) is 4. The third-order valence-corrected chi connectivity index (χ3v) is 3.84. The lowest BCUT2D eigenvalue weighted by atomic mass is 10.00. The predicted octanol–water partition coefficient (Wildman–Crippen LogP) is 2.94. The number of benzene rings is 1. The molecule has 2 aromatic rings. The van der Waals surface area contributed by atoms with Crippen LogP contribution in [-0.4, -0.2) is 4.98 Å². The molecule has 2 rings (SSSR count). The molecule has 1 heterocycles. The van der Waals surface area contributed by atoms with Gasteiger partial charge in [-0.2, -0.15) is 0 Å². The van der Waals surface area contributed by atoms with Crippen molar-refractivity contribution in [3.63, 3.8) is 0 Å². The first-order chi connectivity index (χ1) is 8.56. The van der Waals surface area contributed by atoms with Crippen LogP contribution in [0.5, 0.6) is 0 Å². The molecule has 0 unspecified atom stereocenters. The summed E-state index contributed by atoms with van der Waals surface area (Å²) in [7, 11) is 0. The van der Waals surface area contributed by atoms with Gasteiger partial charge in [-0.1, -0.05) is 17.7 Å². The molecule has 0 aliphatic rings. The van der Waals surface area contributed by atoms with E-state index in [-0.39, 0.29) is 0 Å². The second-order valence-corrected chi connectivity index (χ2v) is 5.79. The van der Waals surface area contributed by atoms with E-state index in [1.807, 2.05) is 6.20 Å². The van der Waals surface area contributed by atoms with E-state index in [0.29, 0.717) is 5.13 Å². The Bertz CT molecular complexity index is 523. The second kappa shape index (κ2) is 5.50. The summed E-state index contributed by atoms with van der Waals surface area (Å²) in [6, 6.07) is 4.46. The van der Waals surface area contributed by atoms with Crippen molar-refractivity contribution in [3.8, 4) is 0 Å². The number of aryl methyl sites for hydroxylation is 3. The Labute approximate surface area is 112 Å². The van der Waals surface area contributed by atoms with E-state index in [1.165, 1.54) is 38.5 Å². The van der Waals surface area contributed by atoms with E-state index in [1.54, 1.807) is 0 Å². The molecule has 3 nitrogen and oxygen atoms in total. The molecule has 0 radical (unpaired) electrons. The van der Waals surface area contributed by atoms with Crippen molar-refractivity contribution >= 4 is 16.5 Å². The van der Waals surface area contributed by atoms with Crippen LogP contribution >= 0.6 is 11.3 Å². The Hall–Kier alpha value is -1.39. The van der Waals surface area contributed by atoms with Gasteiger partial charge in [-0.3, -0.25) is 0 Å². The summed E-state index contributed by atoms with van der Waals surface area (Å²) < 4.78 is 0. The van der Waals surface area contributed by atoms with Crippen molar-refractivity contribution in [2.75, 3.05) is 5.73 Å². The van der Waals surface area contributed by atoms with Crippen molar-refractivity contribution in [1.29, 1.82) is 0 Å². The maximum Gasteiger partial charge on any atom is 0.180 e. The fourth-order valence-electron chi connectivity index (χ4n) is 2.20. The molecule has 0 aliphatic heterocycles. The van der Waals surface area contributed by atoms with Crippen LogP contribution in [0.1, 0.15) is 27.1 Å². The molecule has 0 saturated heterocycles. The Morgan fingerprint density at radius 1 is 1.17 bits per heavy atom. The molecule has 0 bridgehead atoms. The largest absolute Gasteiger partial charge is 0.375 e. The molecule has 0 saturated carbocycles. The number of nitrogens with one attached hydrogen (secondary N) is 1. The van der Waals surface area contributed by atoms with E-state index in [9.17, 15) is 0 Å². The lowest BCUT2D eigenvalue weighted by Crippen LogP contribution is -2.14. The van der Waals surface area contributed by atoms with Gasteiger partial charge in [-0.05, 0) is 37.5 Å². The molecule has 0 aliphatic carbocycles. The van der Waals surface area contributed by atoms with Gasteiger partial charge in [0.05, 0.1) is 0 Å². The monoisotopic (exact) mass is 261 g/mol. The van der Waals surface area contributed by atoms with Crippen LogP contribution < -0.4 is 11.1 Å². The summed E-state index contributed by atoms with van der Waals surface area (Å²) in [6.45, 7) is 8.18. The standard InChI is InChI=1S/C14H19N3S/c1-9-4-10(2)13(11(3)5-9)8-16-6-12-7-17-14(15)18-12/h4-5,7,16H,6,8H2,1-3H3,(H2,15,17). The minimum absolute atomic E-state index is 0.634. The fraction of sp³-hybridized carbons (Fsp3) is 0.357. The quantitative estimate of drug-likeness (QED) is 0.889. The van der Waals surface area contributed by atoms with Crippen LogP contribution in [0.4, 0.5) is 5.13 Å². The van der Waals surface area contributed by atoms with Gasteiger partial charge in [-0.15, -0.1) is 11.3 Å². The van der Waals surface area contributed by atoms with Crippen molar-refractivity contribution < 1.29 is 0 Å². The molecule has 0 atom stereocenters. The van der Waals surface area contributed by atoms with Gasteiger partial charge >= 0.3 is 0 Å². The Balaban J connectivity index is 1.98. The van der Waals surface area contributed by atoms with Crippen LogP contribution in [0.25, 0.3) is 0 Å². The molecule has 0 amide bonds. The Kier molecular flexibility index (Phi) is 3.99. The number of hydrogen-bond donors (Lipinski definition) is 2. The van der Waals surface area contributed by atoms with Crippen LogP contribution in [0.2, 0.25) is 0 Å². The summed E-state index contributed by atoms with van der Waals surface area (Å²) in [4.78, 5) is 5.22. The normalized spacial score (nSPS) is 10.8. The zero-order valence-corrected chi connectivity index (χ0v) is 11.9. The second-order valence-electron chi connectivity index (χ2n) is 4.65. The average molecular weight is 261 g/mol. The highest BCUT2D eigenvalue weighted by atomic mass is 32.1. The number of nitrogen functional groups attached to an aromatic ring is 1. The molecule has 18 heavy (non-hydrogen) atoms. The van der Waals surface area contributed by atoms with Gasteiger partial charge in [0.15, 0.2) is 5.13 Å². The first-order valence-electron chi connectivity index (χ1n) is 6.04. The van der Waals surface area contributed by atoms with Crippen molar-refractivity contribution in [3.05, 3.63) is 45.5 Å². The Morgan fingerprint density at radius 2 is 1.83 bits per heavy atom. The Morgan fingerprint density at radius 3 is 2.39 bits per heavy atom. The van der Waals surface area contributed by atoms with Crippen LogP contribution in [0.15, 0.2) is 18.3 Å². The SMILES string of the molecule is Cc1cc(C)c(CNCc2cnc(N)s2)c(C)c1. The fourth-order valence-corrected chi connectivity index (χ4v) is 2.86. The van der Waals surface area contributed by atoms with Crippen molar-refractivity contribution in [1.82, 2.24) is 10.3 Å². The third kappa shape index (κ3) is 3.09. The summed E-state index contributed by atoms with van der Waals surface area (Å²) in [5.74, 6) is 0. The summed E-state index contributed by atoms with van der Waals surface area (Å²) in [5.41, 5.74) is 11.0. The van der Waals surface area contributed by atoms with E-state index < -0.39 is 0 Å². The van der Waals surface area contributed by atoms with Crippen molar-refractivity contribution in [2.24, 2.45) is 0 Å². The zero-order valence-electron chi connectivity index (χ0n) is 11.1. The molecule has 4 heteroatoms. The number of thiazole rings is 1. The number of anilines is 1. The van der Waals surface area contributed by atoms with Crippen LogP contribution in [0.3, 0.4) is 0 Å². The molecule has 0 fully saturated rings. The van der Waals surface area contributed by atoms with Crippen LogP contribution in [0, 0.1) is 20.8 Å². The highest BCUT2D eigenvalue weighted by molar-refractivity contribution is 7.15. The number of rotatable bonds is 4. The zero-order chi connectivity index (χ0) is 13.1. The average Bonchev–Trinajstić information content (AvgIpc) is 2.68. The number of nitrogens with two attached hydrogens (primary N) is 1. The van der Waals surface area contributed by atoms with Gasteiger partial charge in [0, 0.05) is 24.2 Å². The molecule has 0 spiro atoms. The topological polar surface area (TPSA) is 50.9 Å². The minimum atomic E-state index is 0.634. The van der Waals surface area contributed by atoms with E-state index in [4.69, 9.17) is 5.73 Å². The minimum Gasteiger partial charge on any atom is -0.375 e. The molecule has 1 aromatic heterocycles. The van der Waals surface area contributed by atoms with Crippen LogP contribution in [-0.2, 0) is 13.1 Å². The maximum atomic E-state index is 5.61. The number of aromatic nitrogens is 1. The summed E-state index contributed by atoms with van der Waals surface area (Å²) in [6.07, 6.45) is 1.84. The van der Waals surface area contributed by atoms with Gasteiger partial charge in [0.2, 0.25) is 0 Å². The van der Waals surface area contributed by atoms with Crippen molar-refractivity contribution in [2.45, 2.75) is 33.9 Å². The smallest absolute Gasteiger partial charge is 0.180 e. The maximum absolute atomic E-state index is 5.61. The van der Waals surface area contributed by atoms with E-state index in [0.717, 1.165) is 13.1 Å². The molecule has 96 valence electrons. The lowest BCUT2D eigenvalue weighted by molar-refractivity contribution is 0.694. The predicted molar refractivity (Wildman–Crippen MR) is 77.7 cm³/mol. The van der Waals surface area contributed by atoms with Gasteiger partial charge < -0.3 is 11.1 Å². The molecular weight excluding hydrogens is 242 g/mol. The van der Waals surface area contributed by atoms with Gasteiger partial charge in [0.25, 0.3) is 0 Å². The molecular formula is C14H19N3S. The lowest BCUT2D eigenvalue weighted by Gasteiger charge is -2.11. The highest BCUT2D eigenvalue weighted by Crippen LogP contribution is 2.17. The summed E-state index contributed by atoms with van der Waals surface area (Å²) >= 11 is 1.54. The first-order valence-corrected chi connectivity index (χ1v) is 6.85. The first kappa shape index (κ1) is 13.1. The molecule has 1 aromatic carbocycles. The van der Waals surface area contributed by atoms with E-state index in [2.05, 4.69) is 43.2 Å². The third-order valence-electron chi connectivity index (χ3n) is 3.01.